The number of imidazole rings is 1. The molecule has 1 aliphatic heterocycles. The first kappa shape index (κ1) is 15.9. The predicted molar refractivity (Wildman–Crippen MR) is 88.8 cm³/mol. The number of hydrogen-bond acceptors (Lipinski definition) is 6. The van der Waals surface area contributed by atoms with Crippen molar-refractivity contribution in [2.24, 2.45) is 7.05 Å². The molecule has 3 heterocycles. The van der Waals surface area contributed by atoms with Crippen LogP contribution in [0.25, 0.3) is 0 Å². The maximum atomic E-state index is 12.6. The molecule has 0 radical (unpaired) electrons. The molecule has 0 bridgehead atoms. The van der Waals surface area contributed by atoms with Crippen LogP contribution in [0.3, 0.4) is 0 Å². The number of aryl methyl sites for hydroxylation is 2. The van der Waals surface area contributed by atoms with E-state index in [1.54, 1.807) is 13.4 Å². The van der Waals surface area contributed by atoms with Crippen LogP contribution < -0.4 is 10.6 Å². The van der Waals surface area contributed by atoms with E-state index in [1.165, 1.54) is 11.5 Å². The van der Waals surface area contributed by atoms with E-state index in [9.17, 15) is 4.79 Å². The van der Waals surface area contributed by atoms with Gasteiger partial charge in [-0.1, -0.05) is 0 Å². The number of ether oxygens (including phenoxy) is 1. The molecule has 0 aliphatic carbocycles. The van der Waals surface area contributed by atoms with Gasteiger partial charge in [-0.25, -0.2) is 4.98 Å². The summed E-state index contributed by atoms with van der Waals surface area (Å²) in [5.74, 6) is -0.0729. The van der Waals surface area contributed by atoms with Gasteiger partial charge in [0.15, 0.2) is 0 Å². The van der Waals surface area contributed by atoms with Crippen LogP contribution in [0.1, 0.15) is 40.7 Å². The van der Waals surface area contributed by atoms with Gasteiger partial charge in [-0.15, -0.1) is 0 Å². The molecule has 2 unspecified atom stereocenters. The highest BCUT2D eigenvalue weighted by molar-refractivity contribution is 7.10. The molecule has 124 valence electrons. The average molecular weight is 335 g/mol. The van der Waals surface area contributed by atoms with Crippen molar-refractivity contribution in [3.63, 3.8) is 0 Å². The second kappa shape index (κ2) is 6.67. The Morgan fingerprint density at radius 3 is 3.04 bits per heavy atom. The van der Waals surface area contributed by atoms with E-state index in [4.69, 9.17) is 4.74 Å². The number of nitrogens with zero attached hydrogens (tertiary/aromatic N) is 3. The molecule has 3 rings (SSSR count). The first-order valence-electron chi connectivity index (χ1n) is 7.62. The van der Waals surface area contributed by atoms with Gasteiger partial charge in [0.1, 0.15) is 11.1 Å². The van der Waals surface area contributed by atoms with Crippen LogP contribution in [0.2, 0.25) is 0 Å². The molecule has 1 aliphatic rings. The second-order valence-electron chi connectivity index (χ2n) is 5.71. The van der Waals surface area contributed by atoms with Crippen molar-refractivity contribution in [1.82, 2.24) is 19.2 Å². The highest BCUT2D eigenvalue weighted by atomic mass is 32.1. The molecular weight excluding hydrogens is 314 g/mol. The summed E-state index contributed by atoms with van der Waals surface area (Å²) in [6.45, 7) is 2.48. The first-order valence-corrected chi connectivity index (χ1v) is 8.40. The fourth-order valence-electron chi connectivity index (χ4n) is 2.88. The van der Waals surface area contributed by atoms with Crippen molar-refractivity contribution >= 4 is 22.4 Å². The Bertz CT molecular complexity index is 696. The number of rotatable bonds is 4. The summed E-state index contributed by atoms with van der Waals surface area (Å²) < 4.78 is 12.0. The zero-order valence-electron chi connectivity index (χ0n) is 13.5. The summed E-state index contributed by atoms with van der Waals surface area (Å²) in [6, 6.07) is 0.0835. The number of carbonyl (C=O) groups is 1. The van der Waals surface area contributed by atoms with E-state index >= 15 is 0 Å². The monoisotopic (exact) mass is 335 g/mol. The van der Waals surface area contributed by atoms with Crippen molar-refractivity contribution < 1.29 is 9.53 Å². The van der Waals surface area contributed by atoms with Gasteiger partial charge in [-0.3, -0.25) is 4.79 Å². The quantitative estimate of drug-likeness (QED) is 0.891. The number of nitrogens with one attached hydrogen (secondary N) is 2. The fourth-order valence-corrected chi connectivity index (χ4v) is 3.62. The third-order valence-electron chi connectivity index (χ3n) is 4.12. The molecular formula is C15H21N5O2S. The number of carbonyl (C=O) groups excluding carboxylic acids is 1. The number of amides is 1. The fraction of sp³-hybridized carbons (Fsp3) is 0.533. The highest BCUT2D eigenvalue weighted by Gasteiger charge is 2.28. The number of anilines is 1. The SMILES string of the molecule is CNc1snc(C)c1C(=O)NC1CCOC(c2cncn2C)C1. The average Bonchev–Trinajstić information content (AvgIpc) is 3.13. The summed E-state index contributed by atoms with van der Waals surface area (Å²) in [7, 11) is 3.75. The topological polar surface area (TPSA) is 81.1 Å². The van der Waals surface area contributed by atoms with Crippen molar-refractivity contribution in [2.45, 2.75) is 31.9 Å². The minimum absolute atomic E-state index is 0.0352. The molecule has 0 aromatic carbocycles. The van der Waals surface area contributed by atoms with Crippen molar-refractivity contribution in [3.8, 4) is 0 Å². The van der Waals surface area contributed by atoms with E-state index in [0.29, 0.717) is 12.2 Å². The Morgan fingerprint density at radius 2 is 2.35 bits per heavy atom. The second-order valence-corrected chi connectivity index (χ2v) is 6.48. The molecule has 1 amide bonds. The van der Waals surface area contributed by atoms with Gasteiger partial charge in [0.25, 0.3) is 5.91 Å². The molecule has 0 spiro atoms. The minimum Gasteiger partial charge on any atom is -0.378 e. The zero-order chi connectivity index (χ0) is 16.4. The molecule has 23 heavy (non-hydrogen) atoms. The van der Waals surface area contributed by atoms with Crippen LogP contribution in [0, 0.1) is 6.92 Å². The van der Waals surface area contributed by atoms with Gasteiger partial charge in [0, 0.05) is 26.7 Å². The van der Waals surface area contributed by atoms with E-state index in [1.807, 2.05) is 24.7 Å². The summed E-state index contributed by atoms with van der Waals surface area (Å²) in [5, 5.41) is 6.96. The smallest absolute Gasteiger partial charge is 0.256 e. The first-order chi connectivity index (χ1) is 11.1. The summed E-state index contributed by atoms with van der Waals surface area (Å²) in [4.78, 5) is 16.7. The third-order valence-corrected chi connectivity index (χ3v) is 5.08. The molecule has 8 heteroatoms. The highest BCUT2D eigenvalue weighted by Crippen LogP contribution is 2.29. The van der Waals surface area contributed by atoms with Crippen LogP contribution in [0.4, 0.5) is 5.00 Å². The van der Waals surface area contributed by atoms with Gasteiger partial charge in [-0.05, 0) is 31.3 Å². The van der Waals surface area contributed by atoms with E-state index in [0.717, 1.165) is 29.2 Å². The molecule has 7 nitrogen and oxygen atoms in total. The van der Waals surface area contributed by atoms with Crippen molar-refractivity contribution in [3.05, 3.63) is 29.5 Å². The Kier molecular flexibility index (Phi) is 4.63. The summed E-state index contributed by atoms with van der Waals surface area (Å²) in [6.07, 6.45) is 5.11. The standard InChI is InChI=1S/C15H21N5O2S/c1-9-13(15(16-2)23-19-9)14(21)18-10-4-5-22-12(6-10)11-7-17-8-20(11)3/h7-8,10,12,16H,4-6H2,1-3H3,(H,18,21). The molecule has 2 N–H and O–H groups in total. The minimum atomic E-state index is -0.0729. The predicted octanol–water partition coefficient (Wildman–Crippen LogP) is 1.88. The lowest BCUT2D eigenvalue weighted by Gasteiger charge is -2.30. The molecule has 0 saturated carbocycles. The van der Waals surface area contributed by atoms with Crippen LogP contribution in [-0.2, 0) is 11.8 Å². The maximum Gasteiger partial charge on any atom is 0.256 e. The summed E-state index contributed by atoms with van der Waals surface area (Å²) in [5.41, 5.74) is 2.43. The zero-order valence-corrected chi connectivity index (χ0v) is 14.3. The molecule has 2 aromatic rings. The van der Waals surface area contributed by atoms with Crippen molar-refractivity contribution in [2.75, 3.05) is 19.0 Å². The van der Waals surface area contributed by atoms with Gasteiger partial charge in [0.05, 0.1) is 29.5 Å². The van der Waals surface area contributed by atoms with Gasteiger partial charge in [-0.2, -0.15) is 4.37 Å². The van der Waals surface area contributed by atoms with E-state index in [2.05, 4.69) is 20.0 Å². The lowest BCUT2D eigenvalue weighted by molar-refractivity contribution is -0.00301. The molecule has 1 fully saturated rings. The normalized spacial score (nSPS) is 21.2. The van der Waals surface area contributed by atoms with Crippen LogP contribution in [-0.4, -0.2) is 39.5 Å². The Labute approximate surface area is 139 Å². The third kappa shape index (κ3) is 3.23. The Hall–Kier alpha value is -1.93. The largest absolute Gasteiger partial charge is 0.378 e. The van der Waals surface area contributed by atoms with Gasteiger partial charge < -0.3 is 19.9 Å². The number of aromatic nitrogens is 3. The van der Waals surface area contributed by atoms with Gasteiger partial charge >= 0.3 is 0 Å². The molecule has 2 aromatic heterocycles. The van der Waals surface area contributed by atoms with Crippen LogP contribution in [0.15, 0.2) is 12.5 Å². The lowest BCUT2D eigenvalue weighted by atomic mass is 10.0. The van der Waals surface area contributed by atoms with E-state index in [-0.39, 0.29) is 18.1 Å². The van der Waals surface area contributed by atoms with Gasteiger partial charge in [0.2, 0.25) is 0 Å². The van der Waals surface area contributed by atoms with Crippen LogP contribution >= 0.6 is 11.5 Å². The molecule has 2 atom stereocenters. The lowest BCUT2D eigenvalue weighted by Crippen LogP contribution is -2.40. The summed E-state index contributed by atoms with van der Waals surface area (Å²) >= 11 is 1.31. The van der Waals surface area contributed by atoms with Crippen molar-refractivity contribution in [1.29, 1.82) is 0 Å². The molecule has 1 saturated heterocycles. The Morgan fingerprint density at radius 1 is 1.52 bits per heavy atom. The van der Waals surface area contributed by atoms with Crippen LogP contribution in [0.5, 0.6) is 0 Å². The van der Waals surface area contributed by atoms with E-state index < -0.39 is 0 Å². The Balaban J connectivity index is 1.69. The maximum absolute atomic E-state index is 12.6. The number of hydrogen-bond donors (Lipinski definition) is 2.